The standard InChI is InChI=1S/C14H18N2O/c1-11-8-14(5-4-13(11)9-15)16-6-7-17-10-12-2-3-12/h4-5,8,12,16H,2-3,6-7,10H2,1H3. The second-order valence-electron chi connectivity index (χ2n) is 4.59. The van der Waals surface area contributed by atoms with Gasteiger partial charge in [0.1, 0.15) is 0 Å². The van der Waals surface area contributed by atoms with Gasteiger partial charge in [0, 0.05) is 18.8 Å². The minimum Gasteiger partial charge on any atom is -0.383 e. The van der Waals surface area contributed by atoms with Crippen molar-refractivity contribution >= 4 is 5.69 Å². The Morgan fingerprint density at radius 3 is 2.94 bits per heavy atom. The highest BCUT2D eigenvalue weighted by molar-refractivity contribution is 5.51. The molecule has 0 spiro atoms. The summed E-state index contributed by atoms with van der Waals surface area (Å²) in [5.41, 5.74) is 2.80. The van der Waals surface area contributed by atoms with Crippen molar-refractivity contribution in [2.75, 3.05) is 25.1 Å². The molecule has 90 valence electrons. The van der Waals surface area contributed by atoms with Gasteiger partial charge in [0.25, 0.3) is 0 Å². The summed E-state index contributed by atoms with van der Waals surface area (Å²) in [5, 5.41) is 12.1. The molecule has 1 aliphatic rings. The molecule has 1 aromatic carbocycles. The first-order chi connectivity index (χ1) is 8.29. The molecule has 0 atom stereocenters. The van der Waals surface area contributed by atoms with Gasteiger partial charge in [0.05, 0.1) is 18.2 Å². The van der Waals surface area contributed by atoms with Crippen LogP contribution in [0.5, 0.6) is 0 Å². The molecule has 0 aliphatic heterocycles. The Morgan fingerprint density at radius 2 is 2.29 bits per heavy atom. The molecule has 1 saturated carbocycles. The van der Waals surface area contributed by atoms with E-state index in [-0.39, 0.29) is 0 Å². The molecule has 0 heterocycles. The fourth-order valence-electron chi connectivity index (χ4n) is 1.70. The normalized spacial score (nSPS) is 14.4. The predicted molar refractivity (Wildman–Crippen MR) is 67.9 cm³/mol. The SMILES string of the molecule is Cc1cc(NCCOCC2CC2)ccc1C#N. The first-order valence-electron chi connectivity index (χ1n) is 6.12. The quantitative estimate of drug-likeness (QED) is 0.764. The molecule has 3 heteroatoms. The molecule has 0 aromatic heterocycles. The van der Waals surface area contributed by atoms with Gasteiger partial charge in [-0.25, -0.2) is 0 Å². The third kappa shape index (κ3) is 3.76. The van der Waals surface area contributed by atoms with Gasteiger partial charge >= 0.3 is 0 Å². The molecular formula is C14H18N2O. The topological polar surface area (TPSA) is 45.0 Å². The van der Waals surface area contributed by atoms with Gasteiger partial charge in [0.15, 0.2) is 0 Å². The van der Waals surface area contributed by atoms with Gasteiger partial charge in [-0.2, -0.15) is 5.26 Å². The van der Waals surface area contributed by atoms with Gasteiger partial charge in [-0.15, -0.1) is 0 Å². The van der Waals surface area contributed by atoms with E-state index in [2.05, 4.69) is 11.4 Å². The zero-order chi connectivity index (χ0) is 12.1. The minimum atomic E-state index is 0.737. The van der Waals surface area contributed by atoms with Gasteiger partial charge in [-0.05, 0) is 49.4 Å². The zero-order valence-corrected chi connectivity index (χ0v) is 10.2. The van der Waals surface area contributed by atoms with E-state index >= 15 is 0 Å². The van der Waals surface area contributed by atoms with Gasteiger partial charge in [0.2, 0.25) is 0 Å². The van der Waals surface area contributed by atoms with Crippen molar-refractivity contribution in [3.05, 3.63) is 29.3 Å². The van der Waals surface area contributed by atoms with Crippen LogP contribution in [-0.2, 0) is 4.74 Å². The Hall–Kier alpha value is -1.53. The predicted octanol–water partition coefficient (Wildman–Crippen LogP) is 2.71. The highest BCUT2D eigenvalue weighted by Crippen LogP contribution is 2.28. The molecule has 17 heavy (non-hydrogen) atoms. The molecule has 1 fully saturated rings. The third-order valence-corrected chi connectivity index (χ3v) is 2.97. The van der Waals surface area contributed by atoms with Crippen LogP contribution < -0.4 is 5.32 Å². The first kappa shape index (κ1) is 11.9. The summed E-state index contributed by atoms with van der Waals surface area (Å²) in [5.74, 6) is 0.826. The number of aryl methyl sites for hydroxylation is 1. The van der Waals surface area contributed by atoms with Crippen LogP contribution in [0.3, 0.4) is 0 Å². The lowest BCUT2D eigenvalue weighted by molar-refractivity contribution is 0.134. The van der Waals surface area contributed by atoms with Crippen LogP contribution >= 0.6 is 0 Å². The van der Waals surface area contributed by atoms with Crippen molar-refractivity contribution in [1.82, 2.24) is 0 Å². The number of hydrogen-bond acceptors (Lipinski definition) is 3. The van der Waals surface area contributed by atoms with Gasteiger partial charge in [-0.3, -0.25) is 0 Å². The summed E-state index contributed by atoms with van der Waals surface area (Å²) >= 11 is 0. The van der Waals surface area contributed by atoms with E-state index in [4.69, 9.17) is 10.00 Å². The number of benzene rings is 1. The molecule has 3 nitrogen and oxygen atoms in total. The first-order valence-corrected chi connectivity index (χ1v) is 6.12. The monoisotopic (exact) mass is 230 g/mol. The van der Waals surface area contributed by atoms with E-state index in [1.165, 1.54) is 12.8 Å². The molecule has 2 rings (SSSR count). The molecule has 0 radical (unpaired) electrons. The van der Waals surface area contributed by atoms with Crippen molar-refractivity contribution < 1.29 is 4.74 Å². The maximum absolute atomic E-state index is 8.82. The zero-order valence-electron chi connectivity index (χ0n) is 10.2. The second kappa shape index (κ2) is 5.70. The van der Waals surface area contributed by atoms with Crippen molar-refractivity contribution in [1.29, 1.82) is 5.26 Å². The van der Waals surface area contributed by atoms with E-state index in [1.807, 2.05) is 25.1 Å². The summed E-state index contributed by atoms with van der Waals surface area (Å²) < 4.78 is 5.54. The summed E-state index contributed by atoms with van der Waals surface area (Å²) in [6, 6.07) is 7.95. The van der Waals surface area contributed by atoms with Crippen LogP contribution in [0, 0.1) is 24.2 Å². The Labute approximate surface area is 102 Å². The maximum atomic E-state index is 8.82. The Morgan fingerprint density at radius 1 is 1.47 bits per heavy atom. The summed E-state index contributed by atoms with van der Waals surface area (Å²) in [7, 11) is 0. The van der Waals surface area contributed by atoms with Crippen molar-refractivity contribution in [2.24, 2.45) is 5.92 Å². The van der Waals surface area contributed by atoms with Crippen LogP contribution in [0.4, 0.5) is 5.69 Å². The minimum absolute atomic E-state index is 0.737. The van der Waals surface area contributed by atoms with Gasteiger partial charge in [-0.1, -0.05) is 0 Å². The number of ether oxygens (including phenoxy) is 1. The van der Waals surface area contributed by atoms with Crippen LogP contribution in [-0.4, -0.2) is 19.8 Å². The fraction of sp³-hybridized carbons (Fsp3) is 0.500. The highest BCUT2D eigenvalue weighted by atomic mass is 16.5. The highest BCUT2D eigenvalue weighted by Gasteiger charge is 2.20. The van der Waals surface area contributed by atoms with Crippen LogP contribution in [0.1, 0.15) is 24.0 Å². The Balaban J connectivity index is 1.70. The van der Waals surface area contributed by atoms with E-state index in [1.54, 1.807) is 0 Å². The summed E-state index contributed by atoms with van der Waals surface area (Å²) in [4.78, 5) is 0. The van der Waals surface area contributed by atoms with E-state index in [0.717, 1.165) is 42.5 Å². The summed E-state index contributed by atoms with van der Waals surface area (Å²) in [6.45, 7) is 4.43. The lowest BCUT2D eigenvalue weighted by atomic mass is 10.1. The van der Waals surface area contributed by atoms with E-state index < -0.39 is 0 Å². The van der Waals surface area contributed by atoms with Crippen LogP contribution in [0.15, 0.2) is 18.2 Å². The Bertz CT molecular complexity index is 419. The molecule has 0 saturated heterocycles. The van der Waals surface area contributed by atoms with Crippen molar-refractivity contribution in [2.45, 2.75) is 19.8 Å². The average molecular weight is 230 g/mol. The van der Waals surface area contributed by atoms with Crippen LogP contribution in [0.25, 0.3) is 0 Å². The van der Waals surface area contributed by atoms with Gasteiger partial charge < -0.3 is 10.1 Å². The fourth-order valence-corrected chi connectivity index (χ4v) is 1.70. The lowest BCUT2D eigenvalue weighted by Crippen LogP contribution is -2.10. The number of hydrogen-bond donors (Lipinski definition) is 1. The largest absolute Gasteiger partial charge is 0.383 e. The number of rotatable bonds is 6. The van der Waals surface area contributed by atoms with E-state index in [9.17, 15) is 0 Å². The summed E-state index contributed by atoms with van der Waals surface area (Å²) in [6.07, 6.45) is 2.67. The second-order valence-corrected chi connectivity index (χ2v) is 4.59. The molecule has 0 bridgehead atoms. The van der Waals surface area contributed by atoms with E-state index in [0.29, 0.717) is 0 Å². The number of nitrogens with one attached hydrogen (secondary N) is 1. The average Bonchev–Trinajstić information content (AvgIpc) is 3.13. The molecule has 1 aliphatic carbocycles. The van der Waals surface area contributed by atoms with Crippen molar-refractivity contribution in [3.63, 3.8) is 0 Å². The number of nitriles is 1. The molecular weight excluding hydrogens is 212 g/mol. The van der Waals surface area contributed by atoms with Crippen molar-refractivity contribution in [3.8, 4) is 6.07 Å². The Kier molecular flexibility index (Phi) is 4.00. The molecule has 0 amide bonds. The third-order valence-electron chi connectivity index (χ3n) is 2.97. The van der Waals surface area contributed by atoms with Crippen LogP contribution in [0.2, 0.25) is 0 Å². The molecule has 0 unspecified atom stereocenters. The maximum Gasteiger partial charge on any atom is 0.0994 e. The smallest absolute Gasteiger partial charge is 0.0994 e. The number of nitrogens with zero attached hydrogens (tertiary/aromatic N) is 1. The molecule has 1 aromatic rings. The number of anilines is 1. The lowest BCUT2D eigenvalue weighted by Gasteiger charge is -2.08. The molecule has 1 N–H and O–H groups in total.